The lowest BCUT2D eigenvalue weighted by Gasteiger charge is -2.23. The van der Waals surface area contributed by atoms with E-state index in [-0.39, 0.29) is 6.04 Å². The Hall–Kier alpha value is 0.220. The fourth-order valence-corrected chi connectivity index (χ4v) is 5.19. The third-order valence-electron chi connectivity index (χ3n) is 3.12. The van der Waals surface area contributed by atoms with Crippen LogP contribution in [0.5, 0.6) is 0 Å². The van der Waals surface area contributed by atoms with Gasteiger partial charge in [0, 0.05) is 11.8 Å². The predicted octanol–water partition coefficient (Wildman–Crippen LogP) is 0.411. The molecule has 16 heavy (non-hydrogen) atoms. The molecule has 0 aromatic heterocycles. The first-order valence-electron chi connectivity index (χ1n) is 5.94. The van der Waals surface area contributed by atoms with Gasteiger partial charge in [0.15, 0.2) is 0 Å². The number of rotatable bonds is 4. The first-order valence-corrected chi connectivity index (χ1v) is 8.75. The summed E-state index contributed by atoms with van der Waals surface area (Å²) in [6, 6.07) is 0.165. The summed E-state index contributed by atoms with van der Waals surface area (Å²) in [5.74, 6) is 2.70. The van der Waals surface area contributed by atoms with Crippen LogP contribution in [0.15, 0.2) is 0 Å². The quantitative estimate of drug-likeness (QED) is 0.772. The average Bonchev–Trinajstić information content (AvgIpc) is 2.70. The molecule has 94 valence electrons. The molecule has 2 fully saturated rings. The van der Waals surface area contributed by atoms with Gasteiger partial charge in [-0.25, -0.2) is 13.1 Å². The van der Waals surface area contributed by atoms with Crippen LogP contribution in [0.2, 0.25) is 0 Å². The van der Waals surface area contributed by atoms with Crippen molar-refractivity contribution in [3.05, 3.63) is 0 Å². The van der Waals surface area contributed by atoms with Gasteiger partial charge in [-0.05, 0) is 44.0 Å². The Morgan fingerprint density at radius 3 is 2.88 bits per heavy atom. The van der Waals surface area contributed by atoms with Crippen LogP contribution in [0.4, 0.5) is 0 Å². The van der Waals surface area contributed by atoms with E-state index in [1.54, 1.807) is 0 Å². The minimum Gasteiger partial charge on any atom is -0.316 e. The summed E-state index contributed by atoms with van der Waals surface area (Å²) in [6.07, 6.45) is 3.11. The molecule has 0 aromatic carbocycles. The van der Waals surface area contributed by atoms with Gasteiger partial charge in [-0.2, -0.15) is 11.8 Å². The molecule has 0 aliphatic carbocycles. The second-order valence-electron chi connectivity index (χ2n) is 4.67. The summed E-state index contributed by atoms with van der Waals surface area (Å²) < 4.78 is 26.7. The van der Waals surface area contributed by atoms with Gasteiger partial charge in [-0.1, -0.05) is 0 Å². The standard InChI is InChI=1S/C10H20N2O2S2/c13-16(14,8-9-3-4-11-6-9)12-10-2-1-5-15-7-10/h9-12H,1-8H2. The molecular formula is C10H20N2O2S2. The van der Waals surface area contributed by atoms with Crippen LogP contribution in [0, 0.1) is 5.92 Å². The third-order valence-corrected chi connectivity index (χ3v) is 5.94. The van der Waals surface area contributed by atoms with E-state index in [0.717, 1.165) is 38.1 Å². The molecule has 0 saturated carbocycles. The van der Waals surface area contributed by atoms with Crippen molar-refractivity contribution in [3.8, 4) is 0 Å². The first-order chi connectivity index (χ1) is 7.66. The van der Waals surface area contributed by atoms with Crippen molar-refractivity contribution in [1.82, 2.24) is 10.0 Å². The number of nitrogens with one attached hydrogen (secondary N) is 2. The van der Waals surface area contributed by atoms with Crippen LogP contribution in [-0.4, -0.2) is 44.8 Å². The zero-order chi connectivity index (χ0) is 11.4. The van der Waals surface area contributed by atoms with Crippen molar-refractivity contribution < 1.29 is 8.42 Å². The molecule has 6 heteroatoms. The van der Waals surface area contributed by atoms with Gasteiger partial charge in [-0.15, -0.1) is 0 Å². The van der Waals surface area contributed by atoms with Crippen LogP contribution in [0.1, 0.15) is 19.3 Å². The van der Waals surface area contributed by atoms with Crippen molar-refractivity contribution >= 4 is 21.8 Å². The van der Waals surface area contributed by atoms with Crippen LogP contribution in [-0.2, 0) is 10.0 Å². The molecule has 2 N–H and O–H groups in total. The monoisotopic (exact) mass is 264 g/mol. The smallest absolute Gasteiger partial charge is 0.212 e. The van der Waals surface area contributed by atoms with Crippen molar-refractivity contribution in [2.24, 2.45) is 5.92 Å². The maximum atomic E-state index is 11.9. The minimum atomic E-state index is -3.07. The highest BCUT2D eigenvalue weighted by atomic mass is 32.2. The van der Waals surface area contributed by atoms with Crippen molar-refractivity contribution in [3.63, 3.8) is 0 Å². The molecule has 2 heterocycles. The first kappa shape index (κ1) is 12.7. The van der Waals surface area contributed by atoms with E-state index in [1.165, 1.54) is 5.75 Å². The zero-order valence-electron chi connectivity index (χ0n) is 9.44. The zero-order valence-corrected chi connectivity index (χ0v) is 11.1. The molecule has 0 spiro atoms. The van der Waals surface area contributed by atoms with Gasteiger partial charge in [-0.3, -0.25) is 0 Å². The van der Waals surface area contributed by atoms with E-state index in [0.29, 0.717) is 11.7 Å². The van der Waals surface area contributed by atoms with E-state index in [9.17, 15) is 8.42 Å². The molecule has 2 aliphatic heterocycles. The number of thioether (sulfide) groups is 1. The largest absolute Gasteiger partial charge is 0.316 e. The molecule has 2 aliphatic rings. The lowest BCUT2D eigenvalue weighted by Crippen LogP contribution is -2.41. The highest BCUT2D eigenvalue weighted by Crippen LogP contribution is 2.18. The van der Waals surface area contributed by atoms with Gasteiger partial charge in [0.2, 0.25) is 10.0 Å². The van der Waals surface area contributed by atoms with Crippen molar-refractivity contribution in [2.45, 2.75) is 25.3 Å². The van der Waals surface area contributed by atoms with Gasteiger partial charge in [0.25, 0.3) is 0 Å². The number of hydrogen-bond donors (Lipinski definition) is 2. The molecule has 4 nitrogen and oxygen atoms in total. The molecule has 0 aromatic rings. The maximum Gasteiger partial charge on any atom is 0.212 e. The van der Waals surface area contributed by atoms with Crippen molar-refractivity contribution in [2.75, 3.05) is 30.3 Å². The minimum absolute atomic E-state index is 0.165. The normalized spacial score (nSPS) is 31.8. The van der Waals surface area contributed by atoms with Gasteiger partial charge >= 0.3 is 0 Å². The lowest BCUT2D eigenvalue weighted by molar-refractivity contribution is 0.528. The van der Waals surface area contributed by atoms with Gasteiger partial charge < -0.3 is 5.32 Å². The summed E-state index contributed by atoms with van der Waals surface area (Å²) >= 11 is 1.85. The molecule has 2 rings (SSSR count). The van der Waals surface area contributed by atoms with Gasteiger partial charge in [0.05, 0.1) is 5.75 Å². The third kappa shape index (κ3) is 3.91. The Bertz CT molecular complexity index is 307. The van der Waals surface area contributed by atoms with Gasteiger partial charge in [0.1, 0.15) is 0 Å². The van der Waals surface area contributed by atoms with E-state index in [2.05, 4.69) is 10.0 Å². The highest BCUT2D eigenvalue weighted by molar-refractivity contribution is 7.99. The molecule has 0 amide bonds. The van der Waals surface area contributed by atoms with E-state index in [4.69, 9.17) is 0 Å². The lowest BCUT2D eigenvalue weighted by atomic mass is 10.2. The van der Waals surface area contributed by atoms with Crippen LogP contribution in [0.25, 0.3) is 0 Å². The summed E-state index contributed by atoms with van der Waals surface area (Å²) in [5, 5.41) is 3.20. The molecule has 0 radical (unpaired) electrons. The van der Waals surface area contributed by atoms with E-state index >= 15 is 0 Å². The average molecular weight is 264 g/mol. The highest BCUT2D eigenvalue weighted by Gasteiger charge is 2.25. The molecule has 2 saturated heterocycles. The second-order valence-corrected chi connectivity index (χ2v) is 7.62. The maximum absolute atomic E-state index is 11.9. The summed E-state index contributed by atoms with van der Waals surface area (Å²) in [6.45, 7) is 1.81. The molecule has 2 unspecified atom stereocenters. The SMILES string of the molecule is O=S(=O)(CC1CCNC1)NC1CCCSC1. The fraction of sp³-hybridized carbons (Fsp3) is 1.00. The Kier molecular flexibility index (Phi) is 4.52. The van der Waals surface area contributed by atoms with E-state index < -0.39 is 10.0 Å². The fourth-order valence-electron chi connectivity index (χ4n) is 2.30. The Balaban J connectivity index is 1.81. The molecular weight excluding hydrogens is 244 g/mol. The molecule has 2 atom stereocenters. The predicted molar refractivity (Wildman–Crippen MR) is 68.2 cm³/mol. The summed E-state index contributed by atoms with van der Waals surface area (Å²) in [4.78, 5) is 0. The van der Waals surface area contributed by atoms with E-state index in [1.807, 2.05) is 11.8 Å². The summed E-state index contributed by atoms with van der Waals surface area (Å²) in [7, 11) is -3.07. The topological polar surface area (TPSA) is 58.2 Å². The number of sulfonamides is 1. The Morgan fingerprint density at radius 2 is 2.25 bits per heavy atom. The second kappa shape index (κ2) is 5.71. The Morgan fingerprint density at radius 1 is 1.38 bits per heavy atom. The van der Waals surface area contributed by atoms with Crippen LogP contribution < -0.4 is 10.0 Å². The van der Waals surface area contributed by atoms with Crippen LogP contribution >= 0.6 is 11.8 Å². The van der Waals surface area contributed by atoms with Crippen molar-refractivity contribution in [1.29, 1.82) is 0 Å². The summed E-state index contributed by atoms with van der Waals surface area (Å²) in [5.41, 5.74) is 0. The van der Waals surface area contributed by atoms with Crippen LogP contribution in [0.3, 0.4) is 0 Å². The number of hydrogen-bond acceptors (Lipinski definition) is 4. The molecule has 0 bridgehead atoms. The Labute approximate surface area is 102 Å².